The quantitative estimate of drug-likeness (QED) is 0.759. The minimum Gasteiger partial charge on any atom is -0.443 e. The van der Waals surface area contributed by atoms with Crippen molar-refractivity contribution < 1.29 is 28.7 Å². The van der Waals surface area contributed by atoms with Gasteiger partial charge >= 0.3 is 12.2 Å². The van der Waals surface area contributed by atoms with Crippen LogP contribution in [0.2, 0.25) is 0 Å². The number of hydrogen-bond donors (Lipinski definition) is 0. The lowest BCUT2D eigenvalue weighted by atomic mass is 10.0. The highest BCUT2D eigenvalue weighted by Gasteiger charge is 2.38. The molecule has 0 aromatic heterocycles. The summed E-state index contributed by atoms with van der Waals surface area (Å²) in [5, 5.41) is 0. The Morgan fingerprint density at radius 1 is 0.833 bits per heavy atom. The SMILES string of the molecule is CC(=O)CC[C@@H](C(C)=O)N(C(=O)OC(C)(C)C)C(=O)OC(C)(C)C. The summed E-state index contributed by atoms with van der Waals surface area (Å²) in [6, 6.07) is -1.11. The van der Waals surface area contributed by atoms with Crippen molar-refractivity contribution in [3.63, 3.8) is 0 Å². The third-order valence-corrected chi connectivity index (χ3v) is 2.73. The van der Waals surface area contributed by atoms with Crippen LogP contribution in [0.15, 0.2) is 0 Å². The molecule has 0 bridgehead atoms. The van der Waals surface area contributed by atoms with Gasteiger partial charge in [0.15, 0.2) is 5.78 Å². The number of hydrogen-bond acceptors (Lipinski definition) is 6. The first-order chi connectivity index (χ1) is 10.6. The maximum absolute atomic E-state index is 12.4. The van der Waals surface area contributed by atoms with Crippen LogP contribution in [0.3, 0.4) is 0 Å². The Bertz CT molecular complexity index is 470. The van der Waals surface area contributed by atoms with E-state index < -0.39 is 35.2 Å². The molecule has 0 spiro atoms. The van der Waals surface area contributed by atoms with Crippen molar-refractivity contribution in [1.29, 1.82) is 0 Å². The summed E-state index contributed by atoms with van der Waals surface area (Å²) in [5.74, 6) is -0.567. The van der Waals surface area contributed by atoms with Gasteiger partial charge in [-0.2, -0.15) is 0 Å². The molecule has 0 aliphatic carbocycles. The fourth-order valence-corrected chi connectivity index (χ4v) is 1.81. The fourth-order valence-electron chi connectivity index (χ4n) is 1.81. The molecule has 0 aliphatic heterocycles. The van der Waals surface area contributed by atoms with Gasteiger partial charge < -0.3 is 14.3 Å². The van der Waals surface area contributed by atoms with E-state index in [1.807, 2.05) is 0 Å². The normalized spacial score (nSPS) is 13.0. The topological polar surface area (TPSA) is 90.0 Å². The van der Waals surface area contributed by atoms with Crippen LogP contribution in [-0.2, 0) is 19.1 Å². The number of rotatable bonds is 5. The summed E-state index contributed by atoms with van der Waals surface area (Å²) in [4.78, 5) is 48.8. The molecular weight excluding hydrogens is 314 g/mol. The molecule has 24 heavy (non-hydrogen) atoms. The molecule has 0 saturated heterocycles. The fraction of sp³-hybridized carbons (Fsp3) is 0.765. The van der Waals surface area contributed by atoms with E-state index in [0.29, 0.717) is 4.90 Å². The van der Waals surface area contributed by atoms with Gasteiger partial charge in [-0.25, -0.2) is 14.5 Å². The van der Waals surface area contributed by atoms with Gasteiger partial charge in [-0.05, 0) is 61.8 Å². The van der Waals surface area contributed by atoms with Gasteiger partial charge in [0.2, 0.25) is 0 Å². The Morgan fingerprint density at radius 3 is 1.46 bits per heavy atom. The van der Waals surface area contributed by atoms with Gasteiger partial charge in [0.05, 0.1) is 0 Å². The van der Waals surface area contributed by atoms with Crippen molar-refractivity contribution in [2.45, 2.75) is 85.5 Å². The van der Waals surface area contributed by atoms with Gasteiger partial charge in [0.1, 0.15) is 23.0 Å². The molecule has 1 atom stereocenters. The summed E-state index contributed by atoms with van der Waals surface area (Å²) in [7, 11) is 0. The highest BCUT2D eigenvalue weighted by atomic mass is 16.6. The zero-order chi connectivity index (χ0) is 19.3. The number of carbonyl (C=O) groups excluding carboxylic acids is 4. The number of imide groups is 1. The highest BCUT2D eigenvalue weighted by molar-refractivity contribution is 5.95. The Balaban J connectivity index is 5.62. The Morgan fingerprint density at radius 2 is 1.21 bits per heavy atom. The molecule has 0 unspecified atom stereocenters. The smallest absolute Gasteiger partial charge is 0.420 e. The van der Waals surface area contributed by atoms with Crippen LogP contribution in [0, 0.1) is 0 Å². The van der Waals surface area contributed by atoms with Gasteiger partial charge in [-0.3, -0.25) is 4.79 Å². The van der Waals surface area contributed by atoms with Gasteiger partial charge in [-0.15, -0.1) is 0 Å². The molecule has 0 fully saturated rings. The minimum atomic E-state index is -1.11. The Labute approximate surface area is 143 Å². The summed E-state index contributed by atoms with van der Waals surface area (Å²) in [6.45, 7) is 12.5. The molecule has 7 heteroatoms. The van der Waals surface area contributed by atoms with E-state index >= 15 is 0 Å². The minimum absolute atomic E-state index is 0.0309. The molecule has 0 N–H and O–H groups in total. The largest absolute Gasteiger partial charge is 0.443 e. The maximum atomic E-state index is 12.4. The Kier molecular flexibility index (Phi) is 7.60. The molecule has 7 nitrogen and oxygen atoms in total. The van der Waals surface area contributed by atoms with Crippen molar-refractivity contribution >= 4 is 23.8 Å². The van der Waals surface area contributed by atoms with E-state index in [4.69, 9.17) is 9.47 Å². The molecule has 0 aromatic carbocycles. The molecule has 138 valence electrons. The van der Waals surface area contributed by atoms with Gasteiger partial charge in [0, 0.05) is 6.42 Å². The second-order valence-electron chi connectivity index (χ2n) is 7.70. The van der Waals surface area contributed by atoms with E-state index in [-0.39, 0.29) is 18.6 Å². The van der Waals surface area contributed by atoms with Crippen LogP contribution in [-0.4, -0.2) is 45.9 Å². The Hall–Kier alpha value is -1.92. The molecule has 0 radical (unpaired) electrons. The third kappa shape index (κ3) is 8.64. The molecule has 0 rings (SSSR count). The van der Waals surface area contributed by atoms with E-state index in [0.717, 1.165) is 0 Å². The standard InChI is InChI=1S/C17H29NO6/c1-11(19)9-10-13(12(2)20)18(14(21)23-16(3,4)5)15(22)24-17(6,7)8/h13H,9-10H2,1-8H3/t13-/m0/s1. The number of carbonyl (C=O) groups is 4. The number of Topliss-reactive ketones (excluding diaryl/α,β-unsaturated/α-hetero) is 2. The van der Waals surface area contributed by atoms with Gasteiger partial charge in [-0.1, -0.05) is 0 Å². The average molecular weight is 343 g/mol. The van der Waals surface area contributed by atoms with Crippen LogP contribution < -0.4 is 0 Å². The highest BCUT2D eigenvalue weighted by Crippen LogP contribution is 2.19. The zero-order valence-corrected chi connectivity index (χ0v) is 15.9. The molecule has 0 aromatic rings. The molecule has 0 saturated carbocycles. The second-order valence-corrected chi connectivity index (χ2v) is 7.70. The molecule has 2 amide bonds. The second kappa shape index (κ2) is 8.26. The first kappa shape index (κ1) is 22.1. The van der Waals surface area contributed by atoms with Crippen molar-refractivity contribution in [3.05, 3.63) is 0 Å². The number of nitrogens with zero attached hydrogens (tertiary/aromatic N) is 1. The van der Waals surface area contributed by atoms with Crippen LogP contribution in [0.25, 0.3) is 0 Å². The van der Waals surface area contributed by atoms with Crippen LogP contribution in [0.1, 0.15) is 68.2 Å². The first-order valence-electron chi connectivity index (χ1n) is 7.89. The zero-order valence-electron chi connectivity index (χ0n) is 15.9. The lowest BCUT2D eigenvalue weighted by Gasteiger charge is -2.32. The lowest BCUT2D eigenvalue weighted by Crippen LogP contribution is -2.51. The number of amides is 2. The average Bonchev–Trinajstić information content (AvgIpc) is 2.28. The van der Waals surface area contributed by atoms with E-state index in [2.05, 4.69) is 0 Å². The summed E-state index contributed by atoms with van der Waals surface area (Å²) < 4.78 is 10.4. The lowest BCUT2D eigenvalue weighted by molar-refractivity contribution is -0.123. The molecular formula is C17H29NO6. The monoisotopic (exact) mass is 343 g/mol. The molecule has 0 aliphatic rings. The predicted molar refractivity (Wildman–Crippen MR) is 88.7 cm³/mol. The van der Waals surface area contributed by atoms with Crippen LogP contribution >= 0.6 is 0 Å². The van der Waals surface area contributed by atoms with Crippen molar-refractivity contribution in [3.8, 4) is 0 Å². The van der Waals surface area contributed by atoms with Crippen molar-refractivity contribution in [2.75, 3.05) is 0 Å². The summed E-state index contributed by atoms with van der Waals surface area (Å²) in [6.07, 6.45) is -1.85. The first-order valence-corrected chi connectivity index (χ1v) is 7.89. The third-order valence-electron chi connectivity index (χ3n) is 2.73. The number of ketones is 2. The molecule has 0 heterocycles. The van der Waals surface area contributed by atoms with Gasteiger partial charge in [0.25, 0.3) is 0 Å². The van der Waals surface area contributed by atoms with Crippen molar-refractivity contribution in [2.24, 2.45) is 0 Å². The number of ether oxygens (including phenoxy) is 2. The van der Waals surface area contributed by atoms with Crippen LogP contribution in [0.5, 0.6) is 0 Å². The van der Waals surface area contributed by atoms with E-state index in [9.17, 15) is 19.2 Å². The summed E-state index contributed by atoms with van der Waals surface area (Å²) >= 11 is 0. The maximum Gasteiger partial charge on any atom is 0.420 e. The van der Waals surface area contributed by atoms with Crippen LogP contribution in [0.4, 0.5) is 9.59 Å². The summed E-state index contributed by atoms with van der Waals surface area (Å²) in [5.41, 5.74) is -1.70. The predicted octanol–water partition coefficient (Wildman–Crippen LogP) is 3.49. The van der Waals surface area contributed by atoms with E-state index in [1.54, 1.807) is 41.5 Å². The van der Waals surface area contributed by atoms with Crippen molar-refractivity contribution in [1.82, 2.24) is 4.90 Å². The van der Waals surface area contributed by atoms with E-state index in [1.165, 1.54) is 13.8 Å².